The average Bonchev–Trinajstić information content (AvgIpc) is 2.81. The fraction of sp³-hybridized carbons (Fsp3) is 0.550. The summed E-state index contributed by atoms with van der Waals surface area (Å²) in [5, 5.41) is 15.3. The minimum Gasteiger partial charge on any atom is -0.481 e. The van der Waals surface area contributed by atoms with E-state index < -0.39 is 11.4 Å². The molecule has 0 heterocycles. The van der Waals surface area contributed by atoms with Crippen molar-refractivity contribution >= 4 is 29.2 Å². The first-order valence-electron chi connectivity index (χ1n) is 9.26. The number of aliphatic carboxylic acids is 1. The lowest BCUT2D eigenvalue weighted by molar-refractivity contribution is -0.152. The molecule has 0 aromatic heterocycles. The summed E-state index contributed by atoms with van der Waals surface area (Å²) in [6.07, 6.45) is 4.79. The molecule has 0 atom stereocenters. The minimum atomic E-state index is -0.968. The number of nitrogens with one attached hydrogen (secondary N) is 2. The molecule has 2 amide bonds. The highest BCUT2D eigenvalue weighted by molar-refractivity contribution is 5.96. The predicted molar refractivity (Wildman–Crippen MR) is 101 cm³/mol. The molecule has 0 bridgehead atoms. The normalized spacial score (nSPS) is 16.6. The van der Waals surface area contributed by atoms with Crippen LogP contribution in [0.1, 0.15) is 58.8 Å². The molecule has 142 valence electrons. The topological polar surface area (TPSA) is 95.5 Å². The van der Waals surface area contributed by atoms with E-state index in [4.69, 9.17) is 0 Å². The summed E-state index contributed by atoms with van der Waals surface area (Å²) in [7, 11) is 0. The third-order valence-corrected chi connectivity index (χ3v) is 4.95. The molecule has 0 aliphatic heterocycles. The molecular weight excluding hydrogens is 332 g/mol. The van der Waals surface area contributed by atoms with Crippen LogP contribution in [0.15, 0.2) is 24.3 Å². The molecule has 0 spiro atoms. The van der Waals surface area contributed by atoms with E-state index in [-0.39, 0.29) is 24.2 Å². The van der Waals surface area contributed by atoms with Gasteiger partial charge in [0.15, 0.2) is 0 Å². The molecule has 6 heteroatoms. The fourth-order valence-electron chi connectivity index (χ4n) is 3.35. The first-order valence-corrected chi connectivity index (χ1v) is 9.26. The van der Waals surface area contributed by atoms with Crippen LogP contribution in [0.25, 0.3) is 0 Å². The summed E-state index contributed by atoms with van der Waals surface area (Å²) in [6, 6.07) is 6.90. The summed E-state index contributed by atoms with van der Waals surface area (Å²) < 4.78 is 0. The molecule has 0 unspecified atom stereocenters. The molecule has 1 aliphatic carbocycles. The van der Waals surface area contributed by atoms with Crippen molar-refractivity contribution in [2.75, 3.05) is 10.6 Å². The highest BCUT2D eigenvalue weighted by atomic mass is 16.4. The van der Waals surface area contributed by atoms with Crippen molar-refractivity contribution in [3.8, 4) is 0 Å². The maximum absolute atomic E-state index is 12.5. The zero-order chi connectivity index (χ0) is 19.2. The van der Waals surface area contributed by atoms with Crippen LogP contribution in [-0.4, -0.2) is 22.9 Å². The van der Waals surface area contributed by atoms with Gasteiger partial charge in [-0.1, -0.05) is 45.6 Å². The number of benzene rings is 1. The van der Waals surface area contributed by atoms with Crippen molar-refractivity contribution in [2.24, 2.45) is 11.3 Å². The van der Waals surface area contributed by atoms with Gasteiger partial charge in [0.2, 0.25) is 11.8 Å². The molecule has 0 radical (unpaired) electrons. The second-order valence-corrected chi connectivity index (χ2v) is 7.45. The average molecular weight is 360 g/mol. The van der Waals surface area contributed by atoms with Gasteiger partial charge in [-0.3, -0.25) is 14.4 Å². The van der Waals surface area contributed by atoms with Crippen LogP contribution >= 0.6 is 0 Å². The SMILES string of the molecule is CC(C)C(=O)Nc1cccc(NC(=O)CC2(C(=O)O)CCCCCC2)c1. The summed E-state index contributed by atoms with van der Waals surface area (Å²) in [4.78, 5) is 36.1. The molecule has 1 aromatic carbocycles. The molecule has 1 aromatic rings. The van der Waals surface area contributed by atoms with Crippen molar-refractivity contribution in [2.45, 2.75) is 58.8 Å². The van der Waals surface area contributed by atoms with E-state index in [0.717, 1.165) is 25.7 Å². The summed E-state index contributed by atoms with van der Waals surface area (Å²) in [5.41, 5.74) is 0.180. The lowest BCUT2D eigenvalue weighted by Gasteiger charge is -2.27. The third kappa shape index (κ3) is 5.31. The van der Waals surface area contributed by atoms with Crippen LogP contribution in [0.2, 0.25) is 0 Å². The number of hydrogen-bond acceptors (Lipinski definition) is 3. The van der Waals surface area contributed by atoms with Gasteiger partial charge in [-0.25, -0.2) is 0 Å². The molecule has 3 N–H and O–H groups in total. The Morgan fingerprint density at radius 1 is 1.04 bits per heavy atom. The molecule has 0 saturated heterocycles. The Morgan fingerprint density at radius 2 is 1.62 bits per heavy atom. The lowest BCUT2D eigenvalue weighted by atomic mass is 9.77. The maximum Gasteiger partial charge on any atom is 0.310 e. The predicted octanol–water partition coefficient (Wildman–Crippen LogP) is 4.03. The Bertz CT molecular complexity index is 662. The first kappa shape index (κ1) is 19.9. The van der Waals surface area contributed by atoms with Crippen LogP contribution in [-0.2, 0) is 14.4 Å². The monoisotopic (exact) mass is 360 g/mol. The van der Waals surface area contributed by atoms with Crippen LogP contribution in [0.5, 0.6) is 0 Å². The number of carboxylic acid groups (broad SMARTS) is 1. The number of carbonyl (C=O) groups is 3. The third-order valence-electron chi connectivity index (χ3n) is 4.95. The quantitative estimate of drug-likeness (QED) is 0.667. The number of hydrogen-bond donors (Lipinski definition) is 3. The van der Waals surface area contributed by atoms with Gasteiger partial charge in [-0.2, -0.15) is 0 Å². The van der Waals surface area contributed by atoms with Gasteiger partial charge in [-0.05, 0) is 31.0 Å². The molecule has 1 aliphatic rings. The highest BCUT2D eigenvalue weighted by Gasteiger charge is 2.40. The van der Waals surface area contributed by atoms with Gasteiger partial charge in [0.1, 0.15) is 0 Å². The van der Waals surface area contributed by atoms with Crippen LogP contribution in [0, 0.1) is 11.3 Å². The summed E-state index contributed by atoms with van der Waals surface area (Å²) in [6.45, 7) is 3.61. The Labute approximate surface area is 154 Å². The minimum absolute atomic E-state index is 0.0229. The van der Waals surface area contributed by atoms with Crippen LogP contribution in [0.4, 0.5) is 11.4 Å². The number of rotatable bonds is 6. The fourth-order valence-corrected chi connectivity index (χ4v) is 3.35. The van der Waals surface area contributed by atoms with Gasteiger partial charge in [0.05, 0.1) is 5.41 Å². The van der Waals surface area contributed by atoms with Gasteiger partial charge >= 0.3 is 5.97 Å². The van der Waals surface area contributed by atoms with E-state index in [1.807, 2.05) is 0 Å². The number of carboxylic acids is 1. The summed E-state index contributed by atoms with van der Waals surface area (Å²) in [5.74, 6) is -1.43. The van der Waals surface area contributed by atoms with Gasteiger partial charge in [-0.15, -0.1) is 0 Å². The van der Waals surface area contributed by atoms with Gasteiger partial charge in [0.25, 0.3) is 0 Å². The second kappa shape index (κ2) is 8.83. The van der Waals surface area contributed by atoms with Gasteiger partial charge < -0.3 is 15.7 Å². The van der Waals surface area contributed by atoms with Crippen molar-refractivity contribution < 1.29 is 19.5 Å². The first-order chi connectivity index (χ1) is 12.3. The van der Waals surface area contributed by atoms with Crippen LogP contribution < -0.4 is 10.6 Å². The van der Waals surface area contributed by atoms with Crippen LogP contribution in [0.3, 0.4) is 0 Å². The smallest absolute Gasteiger partial charge is 0.310 e. The number of anilines is 2. The maximum atomic E-state index is 12.5. The Kier molecular flexibility index (Phi) is 6.77. The van der Waals surface area contributed by atoms with E-state index >= 15 is 0 Å². The molecule has 6 nitrogen and oxygen atoms in total. The molecule has 26 heavy (non-hydrogen) atoms. The van der Waals surface area contributed by atoms with Crippen molar-refractivity contribution in [3.63, 3.8) is 0 Å². The van der Waals surface area contributed by atoms with Crippen molar-refractivity contribution in [1.82, 2.24) is 0 Å². The highest BCUT2D eigenvalue weighted by Crippen LogP contribution is 2.38. The van der Waals surface area contributed by atoms with E-state index in [0.29, 0.717) is 24.2 Å². The molecule has 1 fully saturated rings. The second-order valence-electron chi connectivity index (χ2n) is 7.45. The van der Waals surface area contributed by atoms with E-state index in [9.17, 15) is 19.5 Å². The van der Waals surface area contributed by atoms with Crippen molar-refractivity contribution in [1.29, 1.82) is 0 Å². The lowest BCUT2D eigenvalue weighted by Crippen LogP contribution is -2.35. The van der Waals surface area contributed by atoms with E-state index in [2.05, 4.69) is 10.6 Å². The summed E-state index contributed by atoms with van der Waals surface area (Å²) >= 11 is 0. The molecule has 1 saturated carbocycles. The zero-order valence-corrected chi connectivity index (χ0v) is 15.5. The van der Waals surface area contributed by atoms with E-state index in [1.54, 1.807) is 38.1 Å². The largest absolute Gasteiger partial charge is 0.481 e. The molecular formula is C20H28N2O4. The Balaban J connectivity index is 2.04. The number of carbonyl (C=O) groups excluding carboxylic acids is 2. The van der Waals surface area contributed by atoms with E-state index in [1.165, 1.54) is 0 Å². The van der Waals surface area contributed by atoms with Crippen molar-refractivity contribution in [3.05, 3.63) is 24.3 Å². The zero-order valence-electron chi connectivity index (χ0n) is 15.5. The standard InChI is InChI=1S/C20H28N2O4/c1-14(2)18(24)22-16-9-7-8-15(12-16)21-17(23)13-20(19(25)26)10-5-3-4-6-11-20/h7-9,12,14H,3-6,10-11,13H2,1-2H3,(H,21,23)(H,22,24)(H,25,26). The van der Waals surface area contributed by atoms with Gasteiger partial charge in [0, 0.05) is 23.7 Å². The molecule has 2 rings (SSSR count). The Morgan fingerprint density at radius 3 is 2.15 bits per heavy atom. The number of amides is 2. The Hall–Kier alpha value is -2.37.